The van der Waals surface area contributed by atoms with Gasteiger partial charge in [-0.3, -0.25) is 0 Å². The van der Waals surface area contributed by atoms with Crippen LogP contribution in [0.4, 0.5) is 0 Å². The SMILES string of the molecule is CN(Cc1ccccc1Br)CC1(N(C)C)CCC1. The van der Waals surface area contributed by atoms with Crippen LogP contribution >= 0.6 is 15.9 Å². The summed E-state index contributed by atoms with van der Waals surface area (Å²) in [4.78, 5) is 4.85. The molecule has 1 aliphatic carbocycles. The van der Waals surface area contributed by atoms with Crippen LogP contribution in [0.5, 0.6) is 0 Å². The quantitative estimate of drug-likeness (QED) is 0.823. The Morgan fingerprint density at radius 2 is 1.83 bits per heavy atom. The van der Waals surface area contributed by atoms with Crippen molar-refractivity contribution in [3.63, 3.8) is 0 Å². The molecule has 18 heavy (non-hydrogen) atoms. The number of likely N-dealkylation sites (N-methyl/N-ethyl adjacent to an activating group) is 2. The summed E-state index contributed by atoms with van der Waals surface area (Å²) in [5.74, 6) is 0. The van der Waals surface area contributed by atoms with Crippen LogP contribution in [0.25, 0.3) is 0 Å². The molecule has 0 bridgehead atoms. The minimum absolute atomic E-state index is 0.413. The van der Waals surface area contributed by atoms with Gasteiger partial charge in [0.25, 0.3) is 0 Å². The van der Waals surface area contributed by atoms with Crippen LogP contribution in [0.15, 0.2) is 28.7 Å². The Morgan fingerprint density at radius 1 is 1.17 bits per heavy atom. The second kappa shape index (κ2) is 5.72. The number of rotatable bonds is 5. The predicted molar refractivity (Wildman–Crippen MR) is 80.7 cm³/mol. The largest absolute Gasteiger partial charge is 0.302 e. The summed E-state index contributed by atoms with van der Waals surface area (Å²) >= 11 is 3.63. The van der Waals surface area contributed by atoms with Gasteiger partial charge in [0.15, 0.2) is 0 Å². The standard InChI is InChI=1S/C15H23BrN2/c1-17(2)15(9-6-10-15)12-18(3)11-13-7-4-5-8-14(13)16/h4-5,7-8H,6,9-12H2,1-3H3. The minimum Gasteiger partial charge on any atom is -0.302 e. The van der Waals surface area contributed by atoms with E-state index >= 15 is 0 Å². The summed E-state index contributed by atoms with van der Waals surface area (Å²) < 4.78 is 1.21. The summed E-state index contributed by atoms with van der Waals surface area (Å²) in [5, 5.41) is 0. The molecule has 0 heterocycles. The molecule has 2 nitrogen and oxygen atoms in total. The summed E-state index contributed by atoms with van der Waals surface area (Å²) in [5.41, 5.74) is 1.78. The van der Waals surface area contributed by atoms with Crippen molar-refractivity contribution in [2.24, 2.45) is 0 Å². The Balaban J connectivity index is 1.97. The van der Waals surface area contributed by atoms with Gasteiger partial charge in [-0.05, 0) is 52.0 Å². The maximum absolute atomic E-state index is 3.63. The van der Waals surface area contributed by atoms with E-state index in [1.807, 2.05) is 0 Å². The fraction of sp³-hybridized carbons (Fsp3) is 0.600. The van der Waals surface area contributed by atoms with Crippen molar-refractivity contribution in [2.75, 3.05) is 27.7 Å². The molecule has 0 aromatic heterocycles. The molecule has 1 aliphatic rings. The lowest BCUT2D eigenvalue weighted by molar-refractivity contribution is 0.0258. The smallest absolute Gasteiger partial charge is 0.0330 e. The van der Waals surface area contributed by atoms with E-state index in [1.54, 1.807) is 0 Å². The third kappa shape index (κ3) is 2.95. The molecule has 0 saturated heterocycles. The maximum atomic E-state index is 3.63. The van der Waals surface area contributed by atoms with Gasteiger partial charge in [-0.1, -0.05) is 34.1 Å². The average Bonchev–Trinajstić information content (AvgIpc) is 2.26. The highest BCUT2D eigenvalue weighted by Crippen LogP contribution is 2.36. The zero-order valence-corrected chi connectivity index (χ0v) is 13.2. The number of hydrogen-bond donors (Lipinski definition) is 0. The van der Waals surface area contributed by atoms with E-state index in [9.17, 15) is 0 Å². The molecule has 0 unspecified atom stereocenters. The highest BCUT2D eigenvalue weighted by molar-refractivity contribution is 9.10. The molecule has 0 N–H and O–H groups in total. The van der Waals surface area contributed by atoms with E-state index in [2.05, 4.69) is 71.1 Å². The van der Waals surface area contributed by atoms with Crippen molar-refractivity contribution in [3.05, 3.63) is 34.3 Å². The molecule has 3 heteroatoms. The van der Waals surface area contributed by atoms with Gasteiger partial charge in [0.05, 0.1) is 0 Å². The van der Waals surface area contributed by atoms with Crippen molar-refractivity contribution in [3.8, 4) is 0 Å². The van der Waals surface area contributed by atoms with Crippen LogP contribution in [0, 0.1) is 0 Å². The lowest BCUT2D eigenvalue weighted by Gasteiger charge is -2.49. The van der Waals surface area contributed by atoms with Gasteiger partial charge in [0, 0.05) is 23.1 Å². The van der Waals surface area contributed by atoms with Crippen molar-refractivity contribution in [1.29, 1.82) is 0 Å². The van der Waals surface area contributed by atoms with Crippen LogP contribution in [0.1, 0.15) is 24.8 Å². The zero-order chi connectivity index (χ0) is 13.2. The molecule has 1 aromatic carbocycles. The van der Waals surface area contributed by atoms with Gasteiger partial charge in [-0.15, -0.1) is 0 Å². The van der Waals surface area contributed by atoms with Gasteiger partial charge in [0.1, 0.15) is 0 Å². The molecule has 0 radical (unpaired) electrons. The van der Waals surface area contributed by atoms with E-state index in [-0.39, 0.29) is 0 Å². The van der Waals surface area contributed by atoms with Crippen molar-refractivity contribution in [1.82, 2.24) is 9.80 Å². The van der Waals surface area contributed by atoms with E-state index in [0.29, 0.717) is 5.54 Å². The van der Waals surface area contributed by atoms with Crippen LogP contribution in [0.2, 0.25) is 0 Å². The molecule has 2 rings (SSSR count). The van der Waals surface area contributed by atoms with Crippen LogP contribution in [-0.2, 0) is 6.54 Å². The van der Waals surface area contributed by atoms with Crippen molar-refractivity contribution >= 4 is 15.9 Å². The first-order chi connectivity index (χ1) is 8.53. The second-order valence-corrected chi connectivity index (χ2v) is 6.59. The van der Waals surface area contributed by atoms with E-state index in [4.69, 9.17) is 0 Å². The first-order valence-electron chi connectivity index (χ1n) is 6.63. The Bertz CT molecular complexity index is 399. The van der Waals surface area contributed by atoms with Gasteiger partial charge in [-0.2, -0.15) is 0 Å². The molecule has 1 aromatic rings. The second-order valence-electron chi connectivity index (χ2n) is 5.74. The lowest BCUT2D eigenvalue weighted by Crippen LogP contribution is -2.56. The molecule has 0 aliphatic heterocycles. The van der Waals surface area contributed by atoms with Crippen LogP contribution < -0.4 is 0 Å². The number of nitrogens with zero attached hydrogens (tertiary/aromatic N) is 2. The molecule has 100 valence electrons. The Kier molecular flexibility index (Phi) is 4.46. The molecule has 0 spiro atoms. The summed E-state index contributed by atoms with van der Waals surface area (Å²) in [6.45, 7) is 2.17. The van der Waals surface area contributed by atoms with E-state index in [0.717, 1.165) is 13.1 Å². The summed E-state index contributed by atoms with van der Waals surface area (Å²) in [7, 11) is 6.65. The molecular weight excluding hydrogens is 288 g/mol. The average molecular weight is 311 g/mol. The Hall–Kier alpha value is -0.380. The number of benzene rings is 1. The first kappa shape index (κ1) is 14.0. The van der Waals surface area contributed by atoms with E-state index in [1.165, 1.54) is 29.3 Å². The minimum atomic E-state index is 0.413. The predicted octanol–water partition coefficient (Wildman–Crippen LogP) is 3.37. The lowest BCUT2D eigenvalue weighted by atomic mass is 9.75. The number of hydrogen-bond acceptors (Lipinski definition) is 2. The summed E-state index contributed by atoms with van der Waals surface area (Å²) in [6, 6.07) is 8.50. The van der Waals surface area contributed by atoms with Crippen LogP contribution in [0.3, 0.4) is 0 Å². The molecule has 1 fully saturated rings. The number of halogens is 1. The monoisotopic (exact) mass is 310 g/mol. The van der Waals surface area contributed by atoms with Crippen molar-refractivity contribution < 1.29 is 0 Å². The van der Waals surface area contributed by atoms with Gasteiger partial charge < -0.3 is 9.80 Å². The van der Waals surface area contributed by atoms with Gasteiger partial charge >= 0.3 is 0 Å². The van der Waals surface area contributed by atoms with Gasteiger partial charge in [0.2, 0.25) is 0 Å². The van der Waals surface area contributed by atoms with E-state index < -0.39 is 0 Å². The van der Waals surface area contributed by atoms with Crippen LogP contribution in [-0.4, -0.2) is 43.0 Å². The molecule has 1 saturated carbocycles. The molecular formula is C15H23BrN2. The van der Waals surface area contributed by atoms with Crippen molar-refractivity contribution in [2.45, 2.75) is 31.3 Å². The summed E-state index contributed by atoms with van der Waals surface area (Å²) in [6.07, 6.45) is 4.04. The Morgan fingerprint density at radius 3 is 2.33 bits per heavy atom. The highest BCUT2D eigenvalue weighted by Gasteiger charge is 2.39. The normalized spacial score (nSPS) is 18.1. The topological polar surface area (TPSA) is 6.48 Å². The zero-order valence-electron chi connectivity index (χ0n) is 11.6. The fourth-order valence-corrected chi connectivity index (χ4v) is 3.22. The first-order valence-corrected chi connectivity index (χ1v) is 7.42. The Labute approximate surface area is 119 Å². The molecule has 0 atom stereocenters. The molecule has 0 amide bonds. The van der Waals surface area contributed by atoms with Gasteiger partial charge in [-0.25, -0.2) is 0 Å². The third-order valence-electron chi connectivity index (χ3n) is 4.20. The highest BCUT2D eigenvalue weighted by atomic mass is 79.9. The third-order valence-corrected chi connectivity index (χ3v) is 4.97. The fourth-order valence-electron chi connectivity index (χ4n) is 2.81. The maximum Gasteiger partial charge on any atom is 0.0330 e.